The highest BCUT2D eigenvalue weighted by Crippen LogP contribution is 2.30. The number of hydrogen-bond acceptors (Lipinski definition) is 3. The number of hydrogen-bond donors (Lipinski definition) is 0. The zero-order valence-corrected chi connectivity index (χ0v) is 10.9. The summed E-state index contributed by atoms with van der Waals surface area (Å²) in [4.78, 5) is 11.3. The highest BCUT2D eigenvalue weighted by Gasteiger charge is 2.30. The Kier molecular flexibility index (Phi) is 4.26. The Morgan fingerprint density at radius 1 is 1.50 bits per heavy atom. The van der Waals surface area contributed by atoms with Crippen molar-refractivity contribution in [3.8, 4) is 5.75 Å². The first-order valence-corrected chi connectivity index (χ1v) is 6.25. The fourth-order valence-electron chi connectivity index (χ4n) is 1.54. The van der Waals surface area contributed by atoms with Gasteiger partial charge in [0.15, 0.2) is 0 Å². The second-order valence-electron chi connectivity index (χ2n) is 4.20. The Morgan fingerprint density at radius 3 is 2.89 bits per heavy atom. The van der Waals surface area contributed by atoms with E-state index in [1.54, 1.807) is 25.3 Å². The summed E-state index contributed by atoms with van der Waals surface area (Å²) in [6, 6.07) is 5.50. The molecule has 0 N–H and O–H groups in total. The maximum absolute atomic E-state index is 11.3. The van der Waals surface area contributed by atoms with Crippen molar-refractivity contribution < 1.29 is 14.3 Å². The lowest BCUT2D eigenvalue weighted by atomic mass is 10.2. The van der Waals surface area contributed by atoms with E-state index in [-0.39, 0.29) is 11.9 Å². The van der Waals surface area contributed by atoms with Crippen LogP contribution in [-0.2, 0) is 9.53 Å². The monoisotopic (exact) mass is 266 g/mol. The lowest BCUT2D eigenvalue weighted by Gasteiger charge is -2.03. The van der Waals surface area contributed by atoms with Crippen molar-refractivity contribution in [3.63, 3.8) is 0 Å². The van der Waals surface area contributed by atoms with Gasteiger partial charge in [0, 0.05) is 0 Å². The molecule has 0 heterocycles. The van der Waals surface area contributed by atoms with Crippen LogP contribution in [0.4, 0.5) is 0 Å². The summed E-state index contributed by atoms with van der Waals surface area (Å²) in [6.07, 6.45) is 5.61. The minimum Gasteiger partial charge on any atom is -0.495 e. The molecule has 0 unspecified atom stereocenters. The zero-order valence-electron chi connectivity index (χ0n) is 10.2. The van der Waals surface area contributed by atoms with E-state index in [0.717, 1.165) is 18.4 Å². The van der Waals surface area contributed by atoms with Crippen LogP contribution < -0.4 is 4.74 Å². The van der Waals surface area contributed by atoms with E-state index in [9.17, 15) is 4.79 Å². The molecule has 0 aliphatic heterocycles. The van der Waals surface area contributed by atoms with Crippen LogP contribution in [0.25, 0.3) is 6.08 Å². The van der Waals surface area contributed by atoms with E-state index in [4.69, 9.17) is 21.1 Å². The van der Waals surface area contributed by atoms with E-state index < -0.39 is 0 Å². The van der Waals surface area contributed by atoms with Gasteiger partial charge in [0.25, 0.3) is 0 Å². The molecule has 0 spiro atoms. The molecule has 1 fully saturated rings. The van der Waals surface area contributed by atoms with Crippen molar-refractivity contribution in [2.45, 2.75) is 12.8 Å². The van der Waals surface area contributed by atoms with Crippen molar-refractivity contribution in [1.29, 1.82) is 0 Å². The van der Waals surface area contributed by atoms with Crippen molar-refractivity contribution in [3.05, 3.63) is 34.9 Å². The van der Waals surface area contributed by atoms with E-state index in [0.29, 0.717) is 17.4 Å². The van der Waals surface area contributed by atoms with Gasteiger partial charge >= 0.3 is 5.97 Å². The summed E-state index contributed by atoms with van der Waals surface area (Å²) < 4.78 is 10.1. The molecule has 18 heavy (non-hydrogen) atoms. The molecule has 0 saturated heterocycles. The Labute approximate surface area is 111 Å². The topological polar surface area (TPSA) is 35.5 Å². The number of rotatable bonds is 5. The van der Waals surface area contributed by atoms with Crippen LogP contribution in [0.5, 0.6) is 5.75 Å². The highest BCUT2D eigenvalue weighted by molar-refractivity contribution is 6.32. The summed E-state index contributed by atoms with van der Waals surface area (Å²) in [5.74, 6) is 0.704. The standard InChI is InChI=1S/C14H15ClO3/c1-17-13-7-4-10(9-12(13)15)3-2-8-18-14(16)11-5-6-11/h2-4,7,9,11H,5-6,8H2,1H3/b3-2+. The first kappa shape index (κ1) is 13.0. The van der Waals surface area contributed by atoms with Gasteiger partial charge in [0.1, 0.15) is 12.4 Å². The second-order valence-corrected chi connectivity index (χ2v) is 4.61. The van der Waals surface area contributed by atoms with E-state index in [1.807, 2.05) is 12.1 Å². The smallest absolute Gasteiger partial charge is 0.309 e. The molecule has 0 atom stereocenters. The number of carbonyl (C=O) groups is 1. The van der Waals surface area contributed by atoms with E-state index in [1.165, 1.54) is 0 Å². The van der Waals surface area contributed by atoms with Crippen LogP contribution in [0.1, 0.15) is 18.4 Å². The first-order valence-electron chi connectivity index (χ1n) is 5.87. The predicted molar refractivity (Wildman–Crippen MR) is 70.7 cm³/mol. The number of esters is 1. The summed E-state index contributed by atoms with van der Waals surface area (Å²) in [5, 5.41) is 0.564. The van der Waals surface area contributed by atoms with Crippen LogP contribution in [0.2, 0.25) is 5.02 Å². The van der Waals surface area contributed by atoms with Gasteiger partial charge in [-0.25, -0.2) is 0 Å². The first-order chi connectivity index (χ1) is 8.70. The van der Waals surface area contributed by atoms with Crippen molar-refractivity contribution in [2.24, 2.45) is 5.92 Å². The van der Waals surface area contributed by atoms with Gasteiger partial charge in [0.05, 0.1) is 18.1 Å². The third kappa shape index (κ3) is 3.50. The van der Waals surface area contributed by atoms with Gasteiger partial charge in [-0.3, -0.25) is 4.79 Å². The lowest BCUT2D eigenvalue weighted by Crippen LogP contribution is -2.05. The number of halogens is 1. The van der Waals surface area contributed by atoms with Gasteiger partial charge < -0.3 is 9.47 Å². The Balaban J connectivity index is 1.84. The third-order valence-corrected chi connectivity index (χ3v) is 3.01. The molecule has 96 valence electrons. The Hall–Kier alpha value is -1.48. The van der Waals surface area contributed by atoms with Gasteiger partial charge in [-0.2, -0.15) is 0 Å². The predicted octanol–water partition coefficient (Wildman–Crippen LogP) is 3.32. The van der Waals surface area contributed by atoms with Crippen molar-refractivity contribution in [1.82, 2.24) is 0 Å². The van der Waals surface area contributed by atoms with Gasteiger partial charge in [-0.15, -0.1) is 0 Å². The average Bonchev–Trinajstić information content (AvgIpc) is 3.19. The van der Waals surface area contributed by atoms with Crippen LogP contribution >= 0.6 is 11.6 Å². The van der Waals surface area contributed by atoms with Crippen LogP contribution in [-0.4, -0.2) is 19.7 Å². The number of ether oxygens (including phenoxy) is 2. The average molecular weight is 267 g/mol. The molecule has 0 aromatic heterocycles. The molecule has 1 aliphatic carbocycles. The molecule has 3 nitrogen and oxygen atoms in total. The van der Waals surface area contributed by atoms with Crippen molar-refractivity contribution in [2.75, 3.05) is 13.7 Å². The Morgan fingerprint density at radius 2 is 2.28 bits per heavy atom. The summed E-state index contributed by atoms with van der Waals surface area (Å²) in [5.41, 5.74) is 0.947. The number of methoxy groups -OCH3 is 1. The van der Waals surface area contributed by atoms with Gasteiger partial charge in [-0.05, 0) is 36.6 Å². The molecule has 0 radical (unpaired) electrons. The van der Waals surface area contributed by atoms with Crippen LogP contribution in [0, 0.1) is 5.92 Å². The summed E-state index contributed by atoms with van der Waals surface area (Å²) in [7, 11) is 1.58. The molecular formula is C14H15ClO3. The van der Waals surface area contributed by atoms with Crippen LogP contribution in [0.3, 0.4) is 0 Å². The number of benzene rings is 1. The number of carbonyl (C=O) groups excluding carboxylic acids is 1. The normalized spacial score (nSPS) is 14.8. The molecule has 0 bridgehead atoms. The van der Waals surface area contributed by atoms with E-state index in [2.05, 4.69) is 0 Å². The molecular weight excluding hydrogens is 252 g/mol. The fraction of sp³-hybridized carbons (Fsp3) is 0.357. The molecule has 4 heteroatoms. The van der Waals surface area contributed by atoms with Crippen molar-refractivity contribution >= 4 is 23.6 Å². The SMILES string of the molecule is COc1ccc(/C=C/COC(=O)C2CC2)cc1Cl. The molecule has 0 amide bonds. The maximum atomic E-state index is 11.3. The molecule has 1 saturated carbocycles. The van der Waals surface area contributed by atoms with Gasteiger partial charge in [-0.1, -0.05) is 23.7 Å². The minimum atomic E-state index is -0.0904. The summed E-state index contributed by atoms with van der Waals surface area (Å²) in [6.45, 7) is 0.305. The largest absolute Gasteiger partial charge is 0.495 e. The van der Waals surface area contributed by atoms with Crippen LogP contribution in [0.15, 0.2) is 24.3 Å². The lowest BCUT2D eigenvalue weighted by molar-refractivity contribution is -0.143. The minimum absolute atomic E-state index is 0.0904. The molecule has 2 rings (SSSR count). The molecule has 1 aliphatic rings. The maximum Gasteiger partial charge on any atom is 0.309 e. The van der Waals surface area contributed by atoms with Gasteiger partial charge in [0.2, 0.25) is 0 Å². The van der Waals surface area contributed by atoms with E-state index >= 15 is 0 Å². The Bertz CT molecular complexity index is 464. The fourth-order valence-corrected chi connectivity index (χ4v) is 1.80. The second kappa shape index (κ2) is 5.91. The molecule has 1 aromatic rings. The third-order valence-electron chi connectivity index (χ3n) is 2.72. The zero-order chi connectivity index (χ0) is 13.0. The molecule has 1 aromatic carbocycles. The summed E-state index contributed by atoms with van der Waals surface area (Å²) >= 11 is 6.00. The highest BCUT2D eigenvalue weighted by atomic mass is 35.5. The quantitative estimate of drug-likeness (QED) is 0.767.